The van der Waals surface area contributed by atoms with Crippen LogP contribution in [0.5, 0.6) is 5.75 Å². The van der Waals surface area contributed by atoms with Crippen molar-refractivity contribution in [1.82, 2.24) is 0 Å². The molecule has 1 aromatic rings. The van der Waals surface area contributed by atoms with Gasteiger partial charge in [0.2, 0.25) is 0 Å². The van der Waals surface area contributed by atoms with Gasteiger partial charge in [0.25, 0.3) is 0 Å². The Labute approximate surface area is 70.7 Å². The zero-order valence-corrected chi connectivity index (χ0v) is 7.18. The van der Waals surface area contributed by atoms with Crippen LogP contribution in [0, 0.1) is 5.82 Å². The number of benzene rings is 1. The number of hydrogen-bond donors (Lipinski definition) is 1. The SMILES string of the molecule is COc1cc(F)ccc1[SH](=O)=O. The second kappa shape index (κ2) is 3.53. The number of hydrogen-bond acceptors (Lipinski definition) is 3. The van der Waals surface area contributed by atoms with Crippen molar-refractivity contribution in [2.45, 2.75) is 4.90 Å². The van der Waals surface area contributed by atoms with E-state index in [0.717, 1.165) is 12.1 Å². The Morgan fingerprint density at radius 2 is 2.08 bits per heavy atom. The fourth-order valence-corrected chi connectivity index (χ4v) is 1.33. The van der Waals surface area contributed by atoms with Crippen LogP contribution < -0.4 is 4.74 Å². The standard InChI is InChI=1S/C7H7FO3S/c1-11-6-4-5(8)2-3-7(6)12(9)10/h2-4,12H,1H3. The predicted molar refractivity (Wildman–Crippen MR) is 41.5 cm³/mol. The Bertz CT molecular complexity index is 352. The van der Waals surface area contributed by atoms with Gasteiger partial charge in [-0.3, -0.25) is 0 Å². The zero-order valence-electron chi connectivity index (χ0n) is 6.28. The number of thiol groups is 1. The van der Waals surface area contributed by atoms with E-state index >= 15 is 0 Å². The monoisotopic (exact) mass is 190 g/mol. The minimum Gasteiger partial charge on any atom is -0.495 e. The van der Waals surface area contributed by atoms with Gasteiger partial charge in [0.05, 0.1) is 7.11 Å². The summed E-state index contributed by atoms with van der Waals surface area (Å²) in [6.07, 6.45) is 0. The van der Waals surface area contributed by atoms with Gasteiger partial charge in [-0.25, -0.2) is 12.8 Å². The topological polar surface area (TPSA) is 43.4 Å². The van der Waals surface area contributed by atoms with Gasteiger partial charge in [-0.1, -0.05) is 0 Å². The predicted octanol–water partition coefficient (Wildman–Crippen LogP) is 0.805. The Morgan fingerprint density at radius 3 is 2.58 bits per heavy atom. The molecular formula is C7H7FO3S. The van der Waals surface area contributed by atoms with Crippen molar-refractivity contribution in [2.75, 3.05) is 7.11 Å². The second-order valence-electron chi connectivity index (χ2n) is 2.07. The molecule has 0 fully saturated rings. The maximum Gasteiger partial charge on any atom is 0.171 e. The van der Waals surface area contributed by atoms with Crippen LogP contribution in [0.15, 0.2) is 23.1 Å². The highest BCUT2D eigenvalue weighted by Crippen LogP contribution is 2.20. The van der Waals surface area contributed by atoms with E-state index in [1.807, 2.05) is 0 Å². The lowest BCUT2D eigenvalue weighted by atomic mass is 10.3. The molecule has 1 rings (SSSR count). The molecular weight excluding hydrogens is 183 g/mol. The lowest BCUT2D eigenvalue weighted by molar-refractivity contribution is 0.399. The molecule has 0 aliphatic carbocycles. The van der Waals surface area contributed by atoms with Gasteiger partial charge >= 0.3 is 0 Å². The van der Waals surface area contributed by atoms with Gasteiger partial charge in [0.15, 0.2) is 10.7 Å². The summed E-state index contributed by atoms with van der Waals surface area (Å²) in [5.74, 6) is -0.487. The van der Waals surface area contributed by atoms with E-state index < -0.39 is 16.5 Å². The van der Waals surface area contributed by atoms with Crippen molar-refractivity contribution in [1.29, 1.82) is 0 Å². The third-order valence-corrected chi connectivity index (χ3v) is 2.10. The highest BCUT2D eigenvalue weighted by atomic mass is 32.2. The highest BCUT2D eigenvalue weighted by molar-refractivity contribution is 7.72. The van der Waals surface area contributed by atoms with Crippen molar-refractivity contribution in [3.8, 4) is 5.75 Å². The third-order valence-electron chi connectivity index (χ3n) is 1.34. The minimum absolute atomic E-state index is 0.00565. The molecule has 0 unspecified atom stereocenters. The Morgan fingerprint density at radius 1 is 1.42 bits per heavy atom. The molecule has 0 aliphatic heterocycles. The van der Waals surface area contributed by atoms with Crippen molar-refractivity contribution in [3.05, 3.63) is 24.0 Å². The lowest BCUT2D eigenvalue weighted by Crippen LogP contribution is -1.90. The molecule has 0 atom stereocenters. The minimum atomic E-state index is -2.73. The van der Waals surface area contributed by atoms with Crippen LogP contribution >= 0.6 is 0 Å². The second-order valence-corrected chi connectivity index (χ2v) is 3.07. The molecule has 0 aliphatic rings. The van der Waals surface area contributed by atoms with Crippen molar-refractivity contribution < 1.29 is 17.5 Å². The molecule has 0 saturated heterocycles. The number of rotatable bonds is 2. The molecule has 0 spiro atoms. The molecule has 66 valence electrons. The number of halogens is 1. The smallest absolute Gasteiger partial charge is 0.171 e. The van der Waals surface area contributed by atoms with E-state index in [0.29, 0.717) is 0 Å². The summed E-state index contributed by atoms with van der Waals surface area (Å²) in [4.78, 5) is -0.00565. The Hall–Kier alpha value is -1.10. The first kappa shape index (κ1) is 8.99. The molecule has 5 heteroatoms. The van der Waals surface area contributed by atoms with Gasteiger partial charge in [-0.15, -0.1) is 0 Å². The summed E-state index contributed by atoms with van der Waals surface area (Å²) >= 11 is 0. The average Bonchev–Trinajstić information content (AvgIpc) is 2.03. The van der Waals surface area contributed by atoms with Gasteiger partial charge in [0.1, 0.15) is 16.5 Å². The molecule has 0 radical (unpaired) electrons. The van der Waals surface area contributed by atoms with Gasteiger partial charge in [-0.05, 0) is 12.1 Å². The van der Waals surface area contributed by atoms with Crippen molar-refractivity contribution in [2.24, 2.45) is 0 Å². The van der Waals surface area contributed by atoms with E-state index in [1.54, 1.807) is 0 Å². The fraction of sp³-hybridized carbons (Fsp3) is 0.143. The first-order valence-corrected chi connectivity index (χ1v) is 4.31. The van der Waals surface area contributed by atoms with Crippen LogP contribution in [0.1, 0.15) is 0 Å². The largest absolute Gasteiger partial charge is 0.495 e. The number of methoxy groups -OCH3 is 1. The molecule has 0 amide bonds. The maximum atomic E-state index is 12.5. The first-order valence-electron chi connectivity index (χ1n) is 3.13. The van der Waals surface area contributed by atoms with Crippen LogP contribution in [0.25, 0.3) is 0 Å². The summed E-state index contributed by atoms with van der Waals surface area (Å²) in [5, 5.41) is 0. The molecule has 0 heterocycles. The first-order chi connectivity index (χ1) is 5.65. The molecule has 0 saturated carbocycles. The van der Waals surface area contributed by atoms with Crippen LogP contribution in [-0.4, -0.2) is 15.5 Å². The fourth-order valence-electron chi connectivity index (χ4n) is 0.802. The summed E-state index contributed by atoms with van der Waals surface area (Å²) in [7, 11) is -1.44. The average molecular weight is 190 g/mol. The third kappa shape index (κ3) is 1.73. The molecule has 12 heavy (non-hydrogen) atoms. The van der Waals surface area contributed by atoms with Crippen molar-refractivity contribution >= 4 is 10.7 Å². The van der Waals surface area contributed by atoms with Gasteiger partial charge in [-0.2, -0.15) is 0 Å². The van der Waals surface area contributed by atoms with Gasteiger partial charge < -0.3 is 4.74 Å². The molecule has 0 N–H and O–H groups in total. The highest BCUT2D eigenvalue weighted by Gasteiger charge is 2.05. The zero-order chi connectivity index (χ0) is 9.14. The maximum absolute atomic E-state index is 12.5. The van der Waals surface area contributed by atoms with E-state index in [4.69, 9.17) is 0 Å². The molecule has 0 bridgehead atoms. The summed E-state index contributed by atoms with van der Waals surface area (Å²) in [6.45, 7) is 0. The Balaban J connectivity index is 3.29. The molecule has 1 aromatic carbocycles. The summed E-state index contributed by atoms with van der Waals surface area (Å²) < 4.78 is 38.2. The number of ether oxygens (including phenoxy) is 1. The summed E-state index contributed by atoms with van der Waals surface area (Å²) in [6, 6.07) is 3.27. The van der Waals surface area contributed by atoms with Crippen molar-refractivity contribution in [3.63, 3.8) is 0 Å². The molecule has 3 nitrogen and oxygen atoms in total. The van der Waals surface area contributed by atoms with Crippen LogP contribution in [0.4, 0.5) is 4.39 Å². The van der Waals surface area contributed by atoms with Crippen LogP contribution in [-0.2, 0) is 10.7 Å². The van der Waals surface area contributed by atoms with E-state index in [1.165, 1.54) is 13.2 Å². The van der Waals surface area contributed by atoms with Crippen LogP contribution in [0.3, 0.4) is 0 Å². The van der Waals surface area contributed by atoms with E-state index in [2.05, 4.69) is 4.74 Å². The van der Waals surface area contributed by atoms with E-state index in [-0.39, 0.29) is 10.6 Å². The summed E-state index contributed by atoms with van der Waals surface area (Å²) in [5.41, 5.74) is 0. The quantitative estimate of drug-likeness (QED) is 0.701. The Kier molecular flexibility index (Phi) is 2.65. The van der Waals surface area contributed by atoms with Crippen LogP contribution in [0.2, 0.25) is 0 Å². The van der Waals surface area contributed by atoms with Gasteiger partial charge in [0, 0.05) is 6.07 Å². The normalized spacial score (nSPS) is 10.2. The lowest BCUT2D eigenvalue weighted by Gasteiger charge is -2.01. The van der Waals surface area contributed by atoms with E-state index in [9.17, 15) is 12.8 Å². The molecule has 0 aromatic heterocycles.